The summed E-state index contributed by atoms with van der Waals surface area (Å²) in [4.78, 5) is 12.2. The van der Waals surface area contributed by atoms with Crippen LogP contribution in [0.3, 0.4) is 0 Å². The van der Waals surface area contributed by atoms with Crippen LogP contribution in [0.25, 0.3) is 22.4 Å². The minimum Gasteiger partial charge on any atom is -0.364 e. The van der Waals surface area contributed by atoms with Gasteiger partial charge in [-0.3, -0.25) is 9.97 Å². The van der Waals surface area contributed by atoms with Crippen molar-refractivity contribution < 1.29 is 0 Å². The lowest BCUT2D eigenvalue weighted by atomic mass is 9.81. The highest BCUT2D eigenvalue weighted by molar-refractivity contribution is 5.86. The summed E-state index contributed by atoms with van der Waals surface area (Å²) < 4.78 is 0. The van der Waals surface area contributed by atoms with E-state index in [1.165, 1.54) is 98.1 Å². The van der Waals surface area contributed by atoms with Crippen LogP contribution in [0.1, 0.15) is 75.8 Å². The first-order valence-corrected chi connectivity index (χ1v) is 17.0. The van der Waals surface area contributed by atoms with Gasteiger partial charge in [0, 0.05) is 48.0 Å². The first-order chi connectivity index (χ1) is 22.2. The normalized spacial score (nSPS) is 15.4. The third-order valence-corrected chi connectivity index (χ3v) is 10.7. The van der Waals surface area contributed by atoms with Crippen molar-refractivity contribution >= 4 is 42.9 Å². The predicted molar refractivity (Wildman–Crippen MR) is 216 cm³/mol. The van der Waals surface area contributed by atoms with Crippen LogP contribution in [0.5, 0.6) is 0 Å². The second kappa shape index (κ2) is 17.5. The zero-order chi connectivity index (χ0) is 32.4. The fourth-order valence-corrected chi connectivity index (χ4v) is 7.36. The van der Waals surface area contributed by atoms with Crippen LogP contribution in [0.15, 0.2) is 85.3 Å². The van der Waals surface area contributed by atoms with Crippen LogP contribution < -0.4 is 4.90 Å². The zero-order valence-electron chi connectivity index (χ0n) is 30.0. The maximum absolute atomic E-state index is 4.80. The summed E-state index contributed by atoms with van der Waals surface area (Å²) in [6.45, 7) is 16.4. The third-order valence-electron chi connectivity index (χ3n) is 10.7. The van der Waals surface area contributed by atoms with Gasteiger partial charge < -0.3 is 4.90 Å². The minimum atomic E-state index is 0. The molecule has 6 heteroatoms. The van der Waals surface area contributed by atoms with E-state index in [1.807, 2.05) is 12.4 Å². The molecule has 0 bridgehead atoms. The zero-order valence-corrected chi connectivity index (χ0v) is 32.5. The number of nitrogens with zero attached hydrogens (tertiary/aromatic N) is 3. The molecule has 0 atom stereocenters. The van der Waals surface area contributed by atoms with Crippen molar-refractivity contribution in [3.8, 4) is 22.4 Å². The number of halogens is 3. The Bertz CT molecular complexity index is 1810. The van der Waals surface area contributed by atoms with Gasteiger partial charge >= 0.3 is 0 Å². The van der Waals surface area contributed by atoms with Gasteiger partial charge in [-0.25, -0.2) is 0 Å². The average molecular weight is 717 g/mol. The second-order valence-electron chi connectivity index (χ2n) is 13.9. The molecule has 1 saturated carbocycles. The third kappa shape index (κ3) is 9.25. The second-order valence-corrected chi connectivity index (χ2v) is 13.9. The first-order valence-electron chi connectivity index (χ1n) is 17.0. The van der Waals surface area contributed by atoms with Crippen molar-refractivity contribution in [2.24, 2.45) is 5.92 Å². The van der Waals surface area contributed by atoms with Crippen molar-refractivity contribution in [1.29, 1.82) is 0 Å². The number of hydrogen-bond donors (Lipinski definition) is 0. The van der Waals surface area contributed by atoms with Crippen molar-refractivity contribution in [3.63, 3.8) is 0 Å². The average Bonchev–Trinajstić information content (AvgIpc) is 3.05. The Morgan fingerprint density at radius 2 is 1.18 bits per heavy atom. The Morgan fingerprint density at radius 3 is 1.80 bits per heavy atom. The molecule has 0 spiro atoms. The highest BCUT2D eigenvalue weighted by Crippen LogP contribution is 2.36. The van der Waals surface area contributed by atoms with E-state index in [2.05, 4.69) is 131 Å². The Kier molecular flexibility index (Phi) is 14.3. The van der Waals surface area contributed by atoms with Crippen LogP contribution in [0, 0.1) is 54.4 Å². The molecule has 0 amide bonds. The maximum atomic E-state index is 4.80. The smallest absolute Gasteiger partial charge is 0.0705 e. The molecule has 2 aromatic heterocycles. The van der Waals surface area contributed by atoms with Crippen molar-refractivity contribution in [2.75, 3.05) is 4.90 Å². The largest absolute Gasteiger partial charge is 0.364 e. The number of rotatable bonds is 8. The van der Waals surface area contributed by atoms with Gasteiger partial charge in [0.25, 0.3) is 0 Å². The molecule has 0 radical (unpaired) electrons. The number of hydrogen-bond acceptors (Lipinski definition) is 3. The summed E-state index contributed by atoms with van der Waals surface area (Å²) in [5.41, 5.74) is 18.2. The van der Waals surface area contributed by atoms with Gasteiger partial charge in [0.05, 0.1) is 5.69 Å². The first kappa shape index (κ1) is 40.1. The number of aryl methyl sites for hydroxylation is 5. The van der Waals surface area contributed by atoms with Crippen LogP contribution in [-0.2, 0) is 13.0 Å². The van der Waals surface area contributed by atoms with E-state index in [0.717, 1.165) is 18.7 Å². The van der Waals surface area contributed by atoms with E-state index < -0.39 is 0 Å². The number of anilines is 1. The van der Waals surface area contributed by atoms with Gasteiger partial charge in [0.15, 0.2) is 0 Å². The van der Waals surface area contributed by atoms with E-state index >= 15 is 0 Å². The number of pyridine rings is 2. The van der Waals surface area contributed by atoms with Gasteiger partial charge in [-0.05, 0) is 179 Å². The molecule has 2 heterocycles. The van der Waals surface area contributed by atoms with Crippen molar-refractivity contribution in [1.82, 2.24) is 9.97 Å². The molecule has 0 saturated heterocycles. The van der Waals surface area contributed by atoms with E-state index in [-0.39, 0.29) is 37.2 Å². The molecule has 5 aromatic rings. The Hall–Kier alpha value is -3.37. The van der Waals surface area contributed by atoms with Crippen molar-refractivity contribution in [2.45, 2.75) is 93.2 Å². The molecular weight excluding hydrogens is 665 g/mol. The summed E-state index contributed by atoms with van der Waals surface area (Å²) in [5, 5.41) is 0. The van der Waals surface area contributed by atoms with Crippen LogP contribution in [0.2, 0.25) is 0 Å². The SMILES string of the molecule is Cc1ccccc1N(Cc1ccnc(-c2cc(C)c(C)c(C)c2)c1)C1CCC(Cc2cncc(-c3cc(C)c(C)c(C)c3)c2)CC1.Cl.Cl.Cl. The molecule has 49 heavy (non-hydrogen) atoms. The number of para-hydroxylation sites is 1. The van der Waals surface area contributed by atoms with Gasteiger partial charge in [-0.2, -0.15) is 0 Å². The Balaban J connectivity index is 0.00000217. The monoisotopic (exact) mass is 715 g/mol. The van der Waals surface area contributed by atoms with E-state index in [4.69, 9.17) is 4.98 Å². The van der Waals surface area contributed by atoms with Crippen LogP contribution in [0.4, 0.5) is 5.69 Å². The lowest BCUT2D eigenvalue weighted by molar-refractivity contribution is 0.312. The number of benzene rings is 3. The summed E-state index contributed by atoms with van der Waals surface area (Å²) in [6.07, 6.45) is 12.1. The summed E-state index contributed by atoms with van der Waals surface area (Å²) in [7, 11) is 0. The highest BCUT2D eigenvalue weighted by Gasteiger charge is 2.27. The molecule has 0 N–H and O–H groups in total. The molecule has 3 nitrogen and oxygen atoms in total. The molecule has 1 aliphatic carbocycles. The lowest BCUT2D eigenvalue weighted by Crippen LogP contribution is -2.38. The molecule has 6 rings (SSSR count). The maximum Gasteiger partial charge on any atom is 0.0705 e. The van der Waals surface area contributed by atoms with E-state index in [0.29, 0.717) is 12.0 Å². The minimum absolute atomic E-state index is 0. The van der Waals surface area contributed by atoms with Gasteiger partial charge in [-0.1, -0.05) is 30.3 Å². The van der Waals surface area contributed by atoms with Crippen molar-refractivity contribution in [3.05, 3.63) is 135 Å². The van der Waals surface area contributed by atoms with Gasteiger partial charge in [0.1, 0.15) is 0 Å². The topological polar surface area (TPSA) is 29.0 Å². The quantitative estimate of drug-likeness (QED) is 0.160. The standard InChI is InChI=1S/C43H49N3.3ClH/c1-28-10-8-9-11-43(28)46(27-36-16-17-45-42(24-36)39-20-31(4)34(7)32(5)21-39)41-14-12-35(13-15-41)22-37-23-40(26-44-25-37)38-18-29(2)33(6)30(3)19-38;;;/h8-11,16-21,23-26,35,41H,12-15,22,27H2,1-7H3;3*1H. The lowest BCUT2D eigenvalue weighted by Gasteiger charge is -2.39. The molecule has 1 aliphatic rings. The fraction of sp³-hybridized carbons (Fsp3) is 0.349. The molecule has 260 valence electrons. The molecule has 0 aliphatic heterocycles. The molecule has 1 fully saturated rings. The molecule has 0 unspecified atom stereocenters. The van der Waals surface area contributed by atoms with Gasteiger partial charge in [0.2, 0.25) is 0 Å². The Morgan fingerprint density at radius 1 is 0.592 bits per heavy atom. The van der Waals surface area contributed by atoms with Crippen LogP contribution in [-0.4, -0.2) is 16.0 Å². The number of aromatic nitrogens is 2. The highest BCUT2D eigenvalue weighted by atomic mass is 35.5. The summed E-state index contributed by atoms with van der Waals surface area (Å²) >= 11 is 0. The molecule has 3 aromatic carbocycles. The molecular formula is C43H52Cl3N3. The Labute approximate surface area is 313 Å². The fourth-order valence-electron chi connectivity index (χ4n) is 7.36. The van der Waals surface area contributed by atoms with Crippen LogP contribution >= 0.6 is 37.2 Å². The van der Waals surface area contributed by atoms with E-state index in [9.17, 15) is 0 Å². The van der Waals surface area contributed by atoms with Gasteiger partial charge in [-0.15, -0.1) is 37.2 Å². The van der Waals surface area contributed by atoms with E-state index in [1.54, 1.807) is 0 Å². The summed E-state index contributed by atoms with van der Waals surface area (Å²) in [6, 6.07) is 25.5. The predicted octanol–water partition coefficient (Wildman–Crippen LogP) is 12.0. The summed E-state index contributed by atoms with van der Waals surface area (Å²) in [5.74, 6) is 0.689.